The van der Waals surface area contributed by atoms with E-state index in [0.717, 1.165) is 36.0 Å². The van der Waals surface area contributed by atoms with Crippen molar-refractivity contribution in [2.45, 2.75) is 44.1 Å². The van der Waals surface area contributed by atoms with E-state index in [2.05, 4.69) is 37.3 Å². The zero-order valence-electron chi connectivity index (χ0n) is 18.3. The summed E-state index contributed by atoms with van der Waals surface area (Å²) < 4.78 is 6.94. The maximum Gasteiger partial charge on any atom is 0.331 e. The second-order valence-corrected chi connectivity index (χ2v) is 8.80. The molecular formula is C23H23N7O3. The maximum absolute atomic E-state index is 11.5. The summed E-state index contributed by atoms with van der Waals surface area (Å²) in [5, 5.41) is 17.9. The summed E-state index contributed by atoms with van der Waals surface area (Å²) in [6.45, 7) is 3.16. The molecule has 1 aliphatic rings. The number of aromatic nitrogens is 6. The number of nitrogen functional groups attached to an aromatic ring is 1. The molecule has 1 saturated carbocycles. The first kappa shape index (κ1) is 20.8. The lowest BCUT2D eigenvalue weighted by Crippen LogP contribution is -2.36. The Labute approximate surface area is 189 Å². The molecule has 3 aromatic heterocycles. The number of aliphatic carboxylic acids is 1. The number of nitrogens with zero attached hydrogens (tertiary/aromatic N) is 6. The van der Waals surface area contributed by atoms with Gasteiger partial charge in [0.05, 0.1) is 17.2 Å². The van der Waals surface area contributed by atoms with Crippen LogP contribution in [-0.2, 0) is 15.7 Å². The lowest BCUT2D eigenvalue weighted by Gasteiger charge is -2.39. The van der Waals surface area contributed by atoms with Crippen molar-refractivity contribution >= 4 is 11.9 Å². The van der Waals surface area contributed by atoms with Gasteiger partial charge < -0.3 is 15.4 Å². The van der Waals surface area contributed by atoms with Crippen molar-refractivity contribution in [3.8, 4) is 22.6 Å². The highest BCUT2D eigenvalue weighted by molar-refractivity contribution is 5.75. The number of benzene rings is 1. The third kappa shape index (κ3) is 3.43. The Kier molecular flexibility index (Phi) is 4.73. The van der Waals surface area contributed by atoms with E-state index in [1.807, 2.05) is 12.1 Å². The highest BCUT2D eigenvalue weighted by Gasteiger charge is 2.44. The molecule has 33 heavy (non-hydrogen) atoms. The van der Waals surface area contributed by atoms with E-state index in [0.29, 0.717) is 17.3 Å². The van der Waals surface area contributed by atoms with E-state index in [1.54, 1.807) is 38.6 Å². The topological polar surface area (TPSA) is 146 Å². The molecule has 10 nitrogen and oxygen atoms in total. The first-order valence-electron chi connectivity index (χ1n) is 10.6. The lowest BCUT2D eigenvalue weighted by molar-refractivity contribution is -0.146. The normalized spacial score (nSPS) is 15.2. The molecule has 1 aliphatic carbocycles. The minimum Gasteiger partial charge on any atom is -0.479 e. The molecule has 1 aromatic carbocycles. The Morgan fingerprint density at radius 1 is 1.09 bits per heavy atom. The van der Waals surface area contributed by atoms with Crippen LogP contribution in [0.1, 0.15) is 44.5 Å². The monoisotopic (exact) mass is 445 g/mol. The van der Waals surface area contributed by atoms with Crippen LogP contribution >= 0.6 is 0 Å². The molecule has 5 rings (SSSR count). The molecule has 168 valence electrons. The maximum atomic E-state index is 11.5. The predicted octanol–water partition coefficient (Wildman–Crippen LogP) is 3.26. The number of rotatable bonds is 6. The van der Waals surface area contributed by atoms with Crippen molar-refractivity contribution in [2.24, 2.45) is 0 Å². The van der Waals surface area contributed by atoms with Gasteiger partial charge in [0.1, 0.15) is 0 Å². The molecule has 0 amide bonds. The summed E-state index contributed by atoms with van der Waals surface area (Å²) in [6.07, 6.45) is 9.47. The quantitative estimate of drug-likeness (QED) is 0.456. The van der Waals surface area contributed by atoms with Crippen LogP contribution in [0.2, 0.25) is 0 Å². The molecule has 3 heterocycles. The smallest absolute Gasteiger partial charge is 0.331 e. The van der Waals surface area contributed by atoms with Crippen molar-refractivity contribution in [3.63, 3.8) is 0 Å². The molecule has 10 heteroatoms. The standard InChI is InChI=1S/C23H23N7O3/c1-22(2,20(31)32)30-13-16(12-27-30)18-28-19(29-33-18)23(8-3-9-23)17-6-4-14(5-7-17)15-10-25-21(24)26-11-15/h4-7,10-13H,3,8-9H2,1-2H3,(H,31,32)(H2,24,25,26). The number of anilines is 1. The van der Waals surface area contributed by atoms with Gasteiger partial charge in [-0.2, -0.15) is 10.1 Å². The molecule has 0 radical (unpaired) electrons. The fourth-order valence-corrected chi connectivity index (χ4v) is 4.01. The predicted molar refractivity (Wildman–Crippen MR) is 119 cm³/mol. The molecule has 3 N–H and O–H groups in total. The zero-order valence-corrected chi connectivity index (χ0v) is 18.3. The van der Waals surface area contributed by atoms with E-state index in [9.17, 15) is 9.90 Å². The number of carboxylic acids is 1. The van der Waals surface area contributed by atoms with E-state index in [1.165, 1.54) is 4.68 Å². The van der Waals surface area contributed by atoms with Gasteiger partial charge >= 0.3 is 5.97 Å². The van der Waals surface area contributed by atoms with Crippen molar-refractivity contribution in [1.29, 1.82) is 0 Å². The number of nitrogens with two attached hydrogens (primary N) is 1. The third-order valence-corrected chi connectivity index (χ3v) is 6.43. The van der Waals surface area contributed by atoms with Crippen molar-refractivity contribution < 1.29 is 14.4 Å². The van der Waals surface area contributed by atoms with Gasteiger partial charge in [0.2, 0.25) is 5.95 Å². The molecule has 1 fully saturated rings. The summed E-state index contributed by atoms with van der Waals surface area (Å²) in [7, 11) is 0. The van der Waals surface area contributed by atoms with Crippen LogP contribution in [0.15, 0.2) is 53.6 Å². The Balaban J connectivity index is 1.43. The van der Waals surface area contributed by atoms with Gasteiger partial charge in [-0.3, -0.25) is 4.68 Å². The molecular weight excluding hydrogens is 422 g/mol. The number of carbonyl (C=O) groups is 1. The van der Waals surface area contributed by atoms with Gasteiger partial charge in [0.15, 0.2) is 11.4 Å². The minimum absolute atomic E-state index is 0.244. The van der Waals surface area contributed by atoms with E-state index < -0.39 is 11.5 Å². The first-order valence-corrected chi connectivity index (χ1v) is 10.6. The van der Waals surface area contributed by atoms with Crippen LogP contribution in [0.25, 0.3) is 22.6 Å². The van der Waals surface area contributed by atoms with E-state index in [-0.39, 0.29) is 11.4 Å². The SMILES string of the molecule is CC(C)(C(=O)O)n1cc(-c2nc(C3(c4ccc(-c5cnc(N)nc5)cc4)CCC3)no2)cn1. The molecule has 0 bridgehead atoms. The van der Waals surface area contributed by atoms with Crippen LogP contribution < -0.4 is 5.73 Å². The molecule has 0 aliphatic heterocycles. The lowest BCUT2D eigenvalue weighted by atomic mass is 9.64. The average Bonchev–Trinajstić information content (AvgIpc) is 3.44. The van der Waals surface area contributed by atoms with Crippen LogP contribution in [-0.4, -0.2) is 41.0 Å². The van der Waals surface area contributed by atoms with E-state index in [4.69, 9.17) is 10.3 Å². The van der Waals surface area contributed by atoms with Gasteiger partial charge in [-0.25, -0.2) is 14.8 Å². The summed E-state index contributed by atoms with van der Waals surface area (Å²) in [5.74, 6) is 0.205. The Morgan fingerprint density at radius 3 is 2.39 bits per heavy atom. The fraction of sp³-hybridized carbons (Fsp3) is 0.304. The number of hydrogen-bond acceptors (Lipinski definition) is 8. The van der Waals surface area contributed by atoms with Crippen molar-refractivity contribution in [2.75, 3.05) is 5.73 Å². The average molecular weight is 445 g/mol. The summed E-state index contributed by atoms with van der Waals surface area (Å²) in [6, 6.07) is 8.22. The fourth-order valence-electron chi connectivity index (χ4n) is 4.01. The van der Waals surface area contributed by atoms with Gasteiger partial charge in [-0.15, -0.1) is 0 Å². The molecule has 4 aromatic rings. The van der Waals surface area contributed by atoms with Crippen LogP contribution in [0, 0.1) is 0 Å². The van der Waals surface area contributed by atoms with Gasteiger partial charge in [-0.05, 0) is 37.8 Å². The summed E-state index contributed by atoms with van der Waals surface area (Å²) in [5.41, 5.74) is 7.66. The first-order chi connectivity index (χ1) is 15.8. The number of carboxylic acid groups (broad SMARTS) is 1. The highest BCUT2D eigenvalue weighted by Crippen LogP contribution is 2.48. The molecule has 0 atom stereocenters. The zero-order chi connectivity index (χ0) is 23.2. The summed E-state index contributed by atoms with van der Waals surface area (Å²) >= 11 is 0. The van der Waals surface area contributed by atoms with Crippen LogP contribution in [0.3, 0.4) is 0 Å². The largest absolute Gasteiger partial charge is 0.479 e. The van der Waals surface area contributed by atoms with Crippen molar-refractivity contribution in [3.05, 3.63) is 60.4 Å². The Morgan fingerprint density at radius 2 is 1.79 bits per heavy atom. The Hall–Kier alpha value is -4.08. The molecule has 0 unspecified atom stereocenters. The Bertz CT molecular complexity index is 1300. The molecule has 0 saturated heterocycles. The van der Waals surface area contributed by atoms with Gasteiger partial charge in [0.25, 0.3) is 5.89 Å². The van der Waals surface area contributed by atoms with Crippen molar-refractivity contribution in [1.82, 2.24) is 29.9 Å². The highest BCUT2D eigenvalue weighted by atomic mass is 16.5. The van der Waals surface area contributed by atoms with Crippen LogP contribution in [0.5, 0.6) is 0 Å². The summed E-state index contributed by atoms with van der Waals surface area (Å²) in [4.78, 5) is 24.3. The third-order valence-electron chi connectivity index (χ3n) is 6.43. The minimum atomic E-state index is -1.19. The van der Waals surface area contributed by atoms with Gasteiger partial charge in [0, 0.05) is 24.2 Å². The van der Waals surface area contributed by atoms with Gasteiger partial charge in [-0.1, -0.05) is 35.8 Å². The second kappa shape index (κ2) is 7.51. The second-order valence-electron chi connectivity index (χ2n) is 8.80. The number of hydrogen-bond donors (Lipinski definition) is 2. The van der Waals surface area contributed by atoms with Crippen LogP contribution in [0.4, 0.5) is 5.95 Å². The van der Waals surface area contributed by atoms with E-state index >= 15 is 0 Å². The molecule has 0 spiro atoms.